The number of rotatable bonds is 10. The van der Waals surface area contributed by atoms with Gasteiger partial charge in [0.2, 0.25) is 5.91 Å². The minimum absolute atomic E-state index is 0.139. The van der Waals surface area contributed by atoms with Crippen molar-refractivity contribution in [1.29, 1.82) is 0 Å². The lowest BCUT2D eigenvalue weighted by atomic mass is 10.0. The predicted molar refractivity (Wildman–Crippen MR) is 155 cm³/mol. The van der Waals surface area contributed by atoms with Gasteiger partial charge in [-0.05, 0) is 77.9 Å². The molecule has 4 rings (SSSR count). The lowest BCUT2D eigenvalue weighted by molar-refractivity contribution is -0.127. The highest BCUT2D eigenvalue weighted by Crippen LogP contribution is 2.38. The summed E-state index contributed by atoms with van der Waals surface area (Å²) in [6.45, 7) is 3.50. The van der Waals surface area contributed by atoms with Gasteiger partial charge in [-0.3, -0.25) is 19.3 Å². The van der Waals surface area contributed by atoms with E-state index in [1.165, 1.54) is 25.3 Å². The maximum absolute atomic E-state index is 13.4. The Morgan fingerprint density at radius 3 is 2.62 bits per heavy atom. The molecule has 0 atom stereocenters. The van der Waals surface area contributed by atoms with E-state index < -0.39 is 29.4 Å². The Morgan fingerprint density at radius 2 is 1.93 bits per heavy atom. The second-order valence-corrected chi connectivity index (χ2v) is 10.4. The molecule has 3 amide bonds. The van der Waals surface area contributed by atoms with Gasteiger partial charge in [0, 0.05) is 11.3 Å². The normalized spacial score (nSPS) is 14.0. The number of allylic oxidation sites excluding steroid dienone is 1. The fraction of sp³-hybridized carbons (Fsp3) is 0.138. The van der Waals surface area contributed by atoms with Crippen molar-refractivity contribution in [2.24, 2.45) is 0 Å². The van der Waals surface area contributed by atoms with Crippen LogP contribution in [0.2, 0.25) is 10.0 Å². The van der Waals surface area contributed by atoms with E-state index in [1.54, 1.807) is 42.5 Å². The molecule has 40 heavy (non-hydrogen) atoms. The Labute approximate surface area is 244 Å². The number of hydrogen-bond acceptors (Lipinski definition) is 6. The third kappa shape index (κ3) is 7.04. The van der Waals surface area contributed by atoms with Gasteiger partial charge in [-0.2, -0.15) is 0 Å². The first-order valence-corrected chi connectivity index (χ1v) is 13.4. The van der Waals surface area contributed by atoms with Gasteiger partial charge in [-0.15, -0.1) is 6.58 Å². The summed E-state index contributed by atoms with van der Waals surface area (Å²) in [4.78, 5) is 38.9. The smallest absolute Gasteiger partial charge is 0.294 e. The van der Waals surface area contributed by atoms with Crippen LogP contribution in [0.4, 0.5) is 14.9 Å². The van der Waals surface area contributed by atoms with Gasteiger partial charge in [0.25, 0.3) is 11.1 Å². The Kier molecular flexibility index (Phi) is 9.52. The number of anilines is 1. The molecule has 206 valence electrons. The zero-order valence-corrected chi connectivity index (χ0v) is 23.5. The zero-order chi connectivity index (χ0) is 28.8. The summed E-state index contributed by atoms with van der Waals surface area (Å²) in [6, 6.07) is 14.0. The fourth-order valence-electron chi connectivity index (χ4n) is 3.87. The second kappa shape index (κ2) is 13.0. The SMILES string of the molecule is C=CCc1cc(/C=C2/SC(=O)N(CC(=O)Nc3cccc(F)c3)C2=O)cc(OC)c1OCc1ccc(Cl)c(Cl)c1. The van der Waals surface area contributed by atoms with E-state index in [0.717, 1.165) is 33.9 Å². The Morgan fingerprint density at radius 1 is 1.12 bits per heavy atom. The van der Waals surface area contributed by atoms with Crippen LogP contribution in [0.15, 0.2) is 72.2 Å². The van der Waals surface area contributed by atoms with Crippen LogP contribution >= 0.6 is 35.0 Å². The Bertz CT molecular complexity index is 1530. The predicted octanol–water partition coefficient (Wildman–Crippen LogP) is 7.12. The molecule has 3 aromatic carbocycles. The van der Waals surface area contributed by atoms with Crippen molar-refractivity contribution in [1.82, 2.24) is 4.90 Å². The van der Waals surface area contributed by atoms with Crippen LogP contribution in [0.1, 0.15) is 16.7 Å². The maximum Gasteiger partial charge on any atom is 0.294 e. The molecule has 0 aliphatic carbocycles. The van der Waals surface area contributed by atoms with Crippen molar-refractivity contribution in [3.63, 3.8) is 0 Å². The summed E-state index contributed by atoms with van der Waals surface area (Å²) in [5.74, 6) is -0.864. The standard InChI is InChI=1S/C29H23Cl2FN2O5S/c1-3-5-19-10-18(12-24(38-2)27(19)39-16-17-8-9-22(30)23(31)11-17)13-25-28(36)34(29(37)40-25)15-26(35)33-21-7-4-6-20(32)14-21/h3-4,6-14H,1,5,15-16H2,2H3,(H,33,35)/b25-13+. The Balaban J connectivity index is 1.53. The number of carbonyl (C=O) groups is 3. The average Bonchev–Trinajstić information content (AvgIpc) is 3.17. The quantitative estimate of drug-likeness (QED) is 0.197. The van der Waals surface area contributed by atoms with Gasteiger partial charge >= 0.3 is 0 Å². The zero-order valence-electron chi connectivity index (χ0n) is 21.2. The molecule has 0 spiro atoms. The highest BCUT2D eigenvalue weighted by Gasteiger charge is 2.36. The topological polar surface area (TPSA) is 84.9 Å². The Hall–Kier alpha value is -3.79. The van der Waals surface area contributed by atoms with Crippen molar-refractivity contribution < 1.29 is 28.2 Å². The number of hydrogen-bond donors (Lipinski definition) is 1. The minimum Gasteiger partial charge on any atom is -0.493 e. The van der Waals surface area contributed by atoms with Crippen LogP contribution in [0.25, 0.3) is 6.08 Å². The van der Waals surface area contributed by atoms with Gasteiger partial charge in [0.15, 0.2) is 11.5 Å². The van der Waals surface area contributed by atoms with E-state index >= 15 is 0 Å². The molecule has 0 radical (unpaired) electrons. The molecule has 1 N–H and O–H groups in total. The number of nitrogens with one attached hydrogen (secondary N) is 1. The largest absolute Gasteiger partial charge is 0.493 e. The fourth-order valence-corrected chi connectivity index (χ4v) is 5.03. The first-order valence-electron chi connectivity index (χ1n) is 11.9. The summed E-state index contributed by atoms with van der Waals surface area (Å²) in [7, 11) is 1.49. The van der Waals surface area contributed by atoms with Gasteiger partial charge in [0.1, 0.15) is 19.0 Å². The molecule has 1 aliphatic heterocycles. The molecule has 7 nitrogen and oxygen atoms in total. The number of thioether (sulfide) groups is 1. The van der Waals surface area contributed by atoms with E-state index in [2.05, 4.69) is 11.9 Å². The summed E-state index contributed by atoms with van der Waals surface area (Å²) in [6.07, 6.45) is 3.69. The first-order chi connectivity index (χ1) is 19.2. The van der Waals surface area contributed by atoms with Crippen molar-refractivity contribution >= 4 is 63.8 Å². The third-order valence-electron chi connectivity index (χ3n) is 5.69. The molecule has 1 fully saturated rings. The van der Waals surface area contributed by atoms with Crippen LogP contribution in [-0.2, 0) is 22.6 Å². The van der Waals surface area contributed by atoms with E-state index in [9.17, 15) is 18.8 Å². The number of halogens is 3. The van der Waals surface area contributed by atoms with Gasteiger partial charge in [-0.1, -0.05) is 41.4 Å². The number of nitrogens with zero attached hydrogens (tertiary/aromatic N) is 1. The van der Waals surface area contributed by atoms with Crippen molar-refractivity contribution in [3.05, 3.63) is 105 Å². The van der Waals surface area contributed by atoms with Gasteiger partial charge < -0.3 is 14.8 Å². The number of imide groups is 1. The van der Waals surface area contributed by atoms with Crippen molar-refractivity contribution in [2.45, 2.75) is 13.0 Å². The molecule has 3 aromatic rings. The second-order valence-electron chi connectivity index (χ2n) is 8.57. The van der Waals surface area contributed by atoms with E-state index in [-0.39, 0.29) is 17.2 Å². The van der Waals surface area contributed by atoms with Crippen LogP contribution in [0.5, 0.6) is 11.5 Å². The molecule has 0 unspecified atom stereocenters. The van der Waals surface area contributed by atoms with Crippen LogP contribution < -0.4 is 14.8 Å². The van der Waals surface area contributed by atoms with Crippen molar-refractivity contribution in [3.8, 4) is 11.5 Å². The van der Waals surface area contributed by atoms with Crippen LogP contribution in [0.3, 0.4) is 0 Å². The van der Waals surface area contributed by atoms with Crippen LogP contribution in [0, 0.1) is 5.82 Å². The molecule has 1 aliphatic rings. The molecular formula is C29H23Cl2FN2O5S. The summed E-state index contributed by atoms with van der Waals surface area (Å²) >= 11 is 12.8. The van der Waals surface area contributed by atoms with Gasteiger partial charge in [0.05, 0.1) is 22.1 Å². The molecule has 0 saturated carbocycles. The van der Waals surface area contributed by atoms with Gasteiger partial charge in [-0.25, -0.2) is 4.39 Å². The molecule has 1 heterocycles. The third-order valence-corrected chi connectivity index (χ3v) is 7.33. The highest BCUT2D eigenvalue weighted by molar-refractivity contribution is 8.18. The summed E-state index contributed by atoms with van der Waals surface area (Å²) < 4.78 is 25.0. The molecule has 1 saturated heterocycles. The average molecular weight is 601 g/mol. The van der Waals surface area contributed by atoms with Crippen LogP contribution in [-0.4, -0.2) is 35.6 Å². The van der Waals surface area contributed by atoms with Crippen molar-refractivity contribution in [2.75, 3.05) is 19.0 Å². The molecule has 11 heteroatoms. The highest BCUT2D eigenvalue weighted by atomic mass is 35.5. The summed E-state index contributed by atoms with van der Waals surface area (Å²) in [5.41, 5.74) is 2.36. The van der Waals surface area contributed by atoms with E-state index in [0.29, 0.717) is 33.5 Å². The number of amides is 3. The lowest BCUT2D eigenvalue weighted by Gasteiger charge is -2.16. The van der Waals surface area contributed by atoms with E-state index in [4.69, 9.17) is 32.7 Å². The molecular weight excluding hydrogens is 578 g/mol. The van der Waals surface area contributed by atoms with E-state index in [1.807, 2.05) is 0 Å². The maximum atomic E-state index is 13.4. The summed E-state index contributed by atoms with van der Waals surface area (Å²) in [5, 5.41) is 2.74. The first kappa shape index (κ1) is 29.2. The number of methoxy groups -OCH3 is 1. The minimum atomic E-state index is -0.632. The number of ether oxygens (including phenoxy) is 2. The lowest BCUT2D eigenvalue weighted by Crippen LogP contribution is -2.36. The monoisotopic (exact) mass is 600 g/mol. The number of benzene rings is 3. The number of carbonyl (C=O) groups excluding carboxylic acids is 3. The molecule has 0 bridgehead atoms. The molecule has 0 aromatic heterocycles.